The van der Waals surface area contributed by atoms with Gasteiger partial charge in [-0.2, -0.15) is 4.37 Å². The van der Waals surface area contributed by atoms with Gasteiger partial charge < -0.3 is 0 Å². The first-order valence-corrected chi connectivity index (χ1v) is 5.18. The van der Waals surface area contributed by atoms with Crippen LogP contribution in [0.4, 0.5) is 0 Å². The maximum Gasteiger partial charge on any atom is 0.191 e. The monoisotopic (exact) mass is 205 g/mol. The summed E-state index contributed by atoms with van der Waals surface area (Å²) in [5.41, 5.74) is 3.07. The molecule has 0 atom stereocenters. The number of hydrogen-bond acceptors (Lipinski definition) is 4. The molecule has 0 fully saturated rings. The molecule has 14 heavy (non-hydrogen) atoms. The molecule has 0 aliphatic rings. The van der Waals surface area contributed by atoms with E-state index < -0.39 is 0 Å². The van der Waals surface area contributed by atoms with E-state index in [9.17, 15) is 0 Å². The van der Waals surface area contributed by atoms with Crippen LogP contribution in [-0.2, 0) is 0 Å². The van der Waals surface area contributed by atoms with E-state index in [1.807, 2.05) is 26.0 Å². The standard InChI is InChI=1S/C10H11N3S/c1-6-4-7(2)11-9(5-6)10-12-8(3)14-13-10/h4-5H,1-3H3. The van der Waals surface area contributed by atoms with Gasteiger partial charge in [0.1, 0.15) is 10.7 Å². The molecule has 4 heteroatoms. The minimum absolute atomic E-state index is 0.735. The molecule has 2 rings (SSSR count). The quantitative estimate of drug-likeness (QED) is 0.718. The van der Waals surface area contributed by atoms with E-state index in [0.29, 0.717) is 0 Å². The van der Waals surface area contributed by atoms with Gasteiger partial charge in [-0.25, -0.2) is 9.97 Å². The molecular weight excluding hydrogens is 194 g/mol. The van der Waals surface area contributed by atoms with Crippen molar-refractivity contribution in [3.8, 4) is 11.5 Å². The van der Waals surface area contributed by atoms with Crippen LogP contribution in [0.25, 0.3) is 11.5 Å². The van der Waals surface area contributed by atoms with Gasteiger partial charge in [-0.1, -0.05) is 0 Å². The third-order valence-corrected chi connectivity index (χ3v) is 2.47. The summed E-state index contributed by atoms with van der Waals surface area (Å²) < 4.78 is 4.24. The summed E-state index contributed by atoms with van der Waals surface area (Å²) in [5.74, 6) is 0.735. The number of rotatable bonds is 1. The van der Waals surface area contributed by atoms with Gasteiger partial charge in [0.15, 0.2) is 5.82 Å². The largest absolute Gasteiger partial charge is 0.250 e. The normalized spacial score (nSPS) is 10.5. The van der Waals surface area contributed by atoms with Gasteiger partial charge in [0.2, 0.25) is 0 Å². The molecule has 0 saturated heterocycles. The average Bonchev–Trinajstić information content (AvgIpc) is 2.50. The fraction of sp³-hybridized carbons (Fsp3) is 0.300. The molecule has 0 radical (unpaired) electrons. The molecule has 72 valence electrons. The average molecular weight is 205 g/mol. The zero-order valence-electron chi connectivity index (χ0n) is 8.40. The molecule has 0 bridgehead atoms. The van der Waals surface area contributed by atoms with Crippen molar-refractivity contribution in [3.63, 3.8) is 0 Å². The molecule has 3 nitrogen and oxygen atoms in total. The number of aromatic nitrogens is 3. The van der Waals surface area contributed by atoms with Crippen molar-refractivity contribution in [2.45, 2.75) is 20.8 Å². The lowest BCUT2D eigenvalue weighted by Crippen LogP contribution is -1.90. The highest BCUT2D eigenvalue weighted by molar-refractivity contribution is 7.05. The van der Waals surface area contributed by atoms with Crippen LogP contribution >= 0.6 is 11.5 Å². The van der Waals surface area contributed by atoms with Crippen molar-refractivity contribution < 1.29 is 0 Å². The maximum atomic E-state index is 4.40. The van der Waals surface area contributed by atoms with Crippen molar-refractivity contribution in [1.29, 1.82) is 0 Å². The number of nitrogens with zero attached hydrogens (tertiary/aromatic N) is 3. The highest BCUT2D eigenvalue weighted by atomic mass is 32.1. The summed E-state index contributed by atoms with van der Waals surface area (Å²) in [5, 5.41) is 0.973. The predicted molar refractivity (Wildman–Crippen MR) is 57.4 cm³/mol. The lowest BCUT2D eigenvalue weighted by molar-refractivity contribution is 1.14. The molecule has 0 aromatic carbocycles. The van der Waals surface area contributed by atoms with Gasteiger partial charge in [0.25, 0.3) is 0 Å². The van der Waals surface area contributed by atoms with Crippen molar-refractivity contribution in [1.82, 2.24) is 14.3 Å². The van der Waals surface area contributed by atoms with Crippen molar-refractivity contribution in [2.75, 3.05) is 0 Å². The van der Waals surface area contributed by atoms with Crippen LogP contribution < -0.4 is 0 Å². The number of pyridine rings is 1. The fourth-order valence-electron chi connectivity index (χ4n) is 1.36. The molecule has 0 aliphatic carbocycles. The van der Waals surface area contributed by atoms with Gasteiger partial charge in [0, 0.05) is 5.69 Å². The Morgan fingerprint density at radius 3 is 2.43 bits per heavy atom. The first kappa shape index (κ1) is 9.27. The Morgan fingerprint density at radius 2 is 1.86 bits per heavy atom. The second kappa shape index (κ2) is 3.46. The van der Waals surface area contributed by atoms with Crippen LogP contribution in [0, 0.1) is 20.8 Å². The topological polar surface area (TPSA) is 38.7 Å². The van der Waals surface area contributed by atoms with Crippen molar-refractivity contribution >= 4 is 11.5 Å². The van der Waals surface area contributed by atoms with Crippen LogP contribution in [0.1, 0.15) is 16.3 Å². The van der Waals surface area contributed by atoms with Gasteiger partial charge >= 0.3 is 0 Å². The Labute approximate surface area is 87.0 Å². The molecule has 0 amide bonds. The summed E-state index contributed by atoms with van der Waals surface area (Å²) in [6, 6.07) is 4.05. The Balaban J connectivity index is 2.51. The predicted octanol–water partition coefficient (Wildman–Crippen LogP) is 2.53. The molecule has 2 heterocycles. The number of hydrogen-bond donors (Lipinski definition) is 0. The third kappa shape index (κ3) is 1.80. The second-order valence-electron chi connectivity index (χ2n) is 3.31. The minimum Gasteiger partial charge on any atom is -0.250 e. The summed E-state index contributed by atoms with van der Waals surface area (Å²) in [4.78, 5) is 8.71. The van der Waals surface area contributed by atoms with E-state index in [4.69, 9.17) is 0 Å². The van der Waals surface area contributed by atoms with Crippen LogP contribution in [0.3, 0.4) is 0 Å². The smallest absolute Gasteiger partial charge is 0.191 e. The Kier molecular flexibility index (Phi) is 2.29. The first-order valence-electron chi connectivity index (χ1n) is 4.41. The van der Waals surface area contributed by atoms with Crippen molar-refractivity contribution in [3.05, 3.63) is 28.4 Å². The summed E-state index contributed by atoms with van der Waals surface area (Å²) in [6.45, 7) is 5.98. The Morgan fingerprint density at radius 1 is 1.07 bits per heavy atom. The fourth-order valence-corrected chi connectivity index (χ4v) is 1.84. The first-order chi connectivity index (χ1) is 6.65. The van der Waals surface area contributed by atoms with E-state index in [0.717, 1.165) is 22.2 Å². The van der Waals surface area contributed by atoms with E-state index in [2.05, 4.69) is 21.3 Å². The van der Waals surface area contributed by atoms with Crippen LogP contribution in [0.15, 0.2) is 12.1 Å². The van der Waals surface area contributed by atoms with Gasteiger partial charge in [-0.15, -0.1) is 0 Å². The Hall–Kier alpha value is -1.29. The Bertz CT molecular complexity index is 442. The van der Waals surface area contributed by atoms with Crippen LogP contribution in [-0.4, -0.2) is 14.3 Å². The second-order valence-corrected chi connectivity index (χ2v) is 4.26. The van der Waals surface area contributed by atoms with Crippen LogP contribution in [0.5, 0.6) is 0 Å². The summed E-state index contributed by atoms with van der Waals surface area (Å²) >= 11 is 1.41. The molecule has 2 aromatic heterocycles. The van der Waals surface area contributed by atoms with E-state index in [-0.39, 0.29) is 0 Å². The molecule has 0 unspecified atom stereocenters. The zero-order chi connectivity index (χ0) is 10.1. The summed E-state index contributed by atoms with van der Waals surface area (Å²) in [6.07, 6.45) is 0. The molecule has 0 N–H and O–H groups in total. The van der Waals surface area contributed by atoms with E-state index in [1.165, 1.54) is 17.1 Å². The highest BCUT2D eigenvalue weighted by Crippen LogP contribution is 2.17. The molecule has 2 aromatic rings. The SMILES string of the molecule is Cc1cc(C)nc(-c2nsc(C)n2)c1. The molecule has 0 aliphatic heterocycles. The molecule has 0 saturated carbocycles. The zero-order valence-corrected chi connectivity index (χ0v) is 9.22. The highest BCUT2D eigenvalue weighted by Gasteiger charge is 2.06. The summed E-state index contributed by atoms with van der Waals surface area (Å²) in [7, 11) is 0. The lowest BCUT2D eigenvalue weighted by Gasteiger charge is -1.99. The van der Waals surface area contributed by atoms with Gasteiger partial charge in [-0.3, -0.25) is 0 Å². The third-order valence-electron chi connectivity index (χ3n) is 1.85. The van der Waals surface area contributed by atoms with Gasteiger partial charge in [-0.05, 0) is 50.0 Å². The van der Waals surface area contributed by atoms with Gasteiger partial charge in [0.05, 0.1) is 0 Å². The minimum atomic E-state index is 0.735. The lowest BCUT2D eigenvalue weighted by atomic mass is 10.2. The van der Waals surface area contributed by atoms with Crippen molar-refractivity contribution in [2.24, 2.45) is 0 Å². The van der Waals surface area contributed by atoms with E-state index in [1.54, 1.807) is 0 Å². The van der Waals surface area contributed by atoms with Crippen LogP contribution in [0.2, 0.25) is 0 Å². The molecule has 0 spiro atoms. The molecular formula is C10H11N3S. The van der Waals surface area contributed by atoms with E-state index >= 15 is 0 Å². The maximum absolute atomic E-state index is 4.40. The number of aryl methyl sites for hydroxylation is 3.